The van der Waals surface area contributed by atoms with Gasteiger partial charge in [0.25, 0.3) is 0 Å². The van der Waals surface area contributed by atoms with Gasteiger partial charge >= 0.3 is 0 Å². The standard InChI is InChI=1S/C15H18BrClN2O/c16-13-4-1-10(17)8-14(13)19-15(20)7-9-5-11-2-3-12(6-9)18-11/h1,4,8-9,11-12,18H,2-3,5-7H2,(H,19,20). The van der Waals surface area contributed by atoms with E-state index in [9.17, 15) is 4.79 Å². The van der Waals surface area contributed by atoms with E-state index in [1.807, 2.05) is 6.07 Å². The van der Waals surface area contributed by atoms with Crippen molar-refractivity contribution in [2.45, 2.75) is 44.2 Å². The first-order valence-corrected chi connectivity index (χ1v) is 8.28. The Bertz CT molecular complexity index is 511. The number of hydrogen-bond acceptors (Lipinski definition) is 2. The lowest BCUT2D eigenvalue weighted by Crippen LogP contribution is -2.39. The van der Waals surface area contributed by atoms with Crippen molar-refractivity contribution in [2.75, 3.05) is 5.32 Å². The van der Waals surface area contributed by atoms with Gasteiger partial charge in [-0.25, -0.2) is 0 Å². The average molecular weight is 358 g/mol. The molecule has 2 bridgehead atoms. The summed E-state index contributed by atoms with van der Waals surface area (Å²) in [6.07, 6.45) is 5.39. The third kappa shape index (κ3) is 3.35. The number of nitrogens with one attached hydrogen (secondary N) is 2. The Morgan fingerprint density at radius 2 is 2.05 bits per heavy atom. The van der Waals surface area contributed by atoms with E-state index < -0.39 is 0 Å². The van der Waals surface area contributed by atoms with Crippen molar-refractivity contribution in [3.05, 3.63) is 27.7 Å². The number of piperidine rings is 1. The Kier molecular flexibility index (Phi) is 4.34. The van der Waals surface area contributed by atoms with Crippen LogP contribution in [0.3, 0.4) is 0 Å². The van der Waals surface area contributed by atoms with E-state index in [0.717, 1.165) is 23.0 Å². The molecule has 2 heterocycles. The maximum Gasteiger partial charge on any atom is 0.224 e. The zero-order chi connectivity index (χ0) is 14.1. The Hall–Kier alpha value is -0.580. The van der Waals surface area contributed by atoms with Crippen LogP contribution in [-0.4, -0.2) is 18.0 Å². The summed E-state index contributed by atoms with van der Waals surface area (Å²) in [5.74, 6) is 0.589. The lowest BCUT2D eigenvalue weighted by atomic mass is 9.89. The second-order valence-electron chi connectivity index (χ2n) is 5.85. The van der Waals surface area contributed by atoms with Crippen molar-refractivity contribution in [3.8, 4) is 0 Å². The zero-order valence-corrected chi connectivity index (χ0v) is 13.5. The number of carbonyl (C=O) groups is 1. The van der Waals surface area contributed by atoms with Crippen molar-refractivity contribution < 1.29 is 4.79 Å². The number of fused-ring (bicyclic) bond motifs is 2. The van der Waals surface area contributed by atoms with E-state index in [1.54, 1.807) is 12.1 Å². The molecule has 1 amide bonds. The van der Waals surface area contributed by atoms with Gasteiger partial charge < -0.3 is 10.6 Å². The highest BCUT2D eigenvalue weighted by Gasteiger charge is 2.34. The summed E-state index contributed by atoms with van der Waals surface area (Å²) in [4.78, 5) is 12.2. The molecule has 2 fully saturated rings. The molecule has 1 aromatic rings. The molecular formula is C15H18BrClN2O. The van der Waals surface area contributed by atoms with Gasteiger partial charge in [-0.15, -0.1) is 0 Å². The summed E-state index contributed by atoms with van der Waals surface area (Å²) >= 11 is 9.39. The number of anilines is 1. The molecule has 2 saturated heterocycles. The molecule has 1 aromatic carbocycles. The Morgan fingerprint density at radius 3 is 2.75 bits per heavy atom. The SMILES string of the molecule is O=C(CC1CC2CCC(C1)N2)Nc1cc(Cl)ccc1Br. The molecule has 2 aliphatic rings. The molecule has 0 saturated carbocycles. The molecule has 2 N–H and O–H groups in total. The largest absolute Gasteiger partial charge is 0.325 e. The van der Waals surface area contributed by atoms with Crippen LogP contribution in [0.2, 0.25) is 5.02 Å². The third-order valence-electron chi connectivity index (χ3n) is 4.25. The van der Waals surface area contributed by atoms with Crippen molar-refractivity contribution in [3.63, 3.8) is 0 Å². The van der Waals surface area contributed by atoms with Gasteiger partial charge in [-0.1, -0.05) is 11.6 Å². The predicted molar refractivity (Wildman–Crippen MR) is 85.1 cm³/mol. The van der Waals surface area contributed by atoms with Gasteiger partial charge in [0.1, 0.15) is 0 Å². The van der Waals surface area contributed by atoms with Gasteiger partial charge in [-0.3, -0.25) is 4.79 Å². The lowest BCUT2D eigenvalue weighted by molar-refractivity contribution is -0.117. The molecule has 0 aliphatic carbocycles. The van der Waals surface area contributed by atoms with Crippen molar-refractivity contribution in [2.24, 2.45) is 5.92 Å². The van der Waals surface area contributed by atoms with E-state index in [2.05, 4.69) is 26.6 Å². The van der Waals surface area contributed by atoms with Gasteiger partial charge in [-0.2, -0.15) is 0 Å². The highest BCUT2D eigenvalue weighted by molar-refractivity contribution is 9.10. The maximum absolute atomic E-state index is 12.2. The first-order chi connectivity index (χ1) is 9.60. The van der Waals surface area contributed by atoms with Crippen LogP contribution in [0.15, 0.2) is 22.7 Å². The molecule has 0 radical (unpaired) electrons. The van der Waals surface area contributed by atoms with Crippen molar-refractivity contribution in [1.29, 1.82) is 0 Å². The average Bonchev–Trinajstić information content (AvgIpc) is 2.73. The molecule has 2 aliphatic heterocycles. The number of halogens is 2. The van der Waals surface area contributed by atoms with Crippen LogP contribution in [0, 0.1) is 5.92 Å². The Balaban J connectivity index is 1.58. The zero-order valence-electron chi connectivity index (χ0n) is 11.2. The highest BCUT2D eigenvalue weighted by Crippen LogP contribution is 2.33. The van der Waals surface area contributed by atoms with E-state index in [-0.39, 0.29) is 5.91 Å². The van der Waals surface area contributed by atoms with E-state index in [4.69, 9.17) is 11.6 Å². The summed E-state index contributed by atoms with van der Waals surface area (Å²) in [6, 6.07) is 6.68. The molecule has 2 atom stereocenters. The molecule has 0 spiro atoms. The molecular weight excluding hydrogens is 340 g/mol. The highest BCUT2D eigenvalue weighted by atomic mass is 79.9. The minimum absolute atomic E-state index is 0.0827. The second-order valence-corrected chi connectivity index (χ2v) is 7.14. The third-order valence-corrected chi connectivity index (χ3v) is 5.17. The minimum atomic E-state index is 0.0827. The second kappa shape index (κ2) is 6.04. The van der Waals surface area contributed by atoms with Crippen LogP contribution in [-0.2, 0) is 4.79 Å². The molecule has 2 unspecified atom stereocenters. The normalized spacial score (nSPS) is 28.4. The smallest absolute Gasteiger partial charge is 0.224 e. The Morgan fingerprint density at radius 1 is 1.35 bits per heavy atom. The quantitative estimate of drug-likeness (QED) is 0.859. The topological polar surface area (TPSA) is 41.1 Å². The van der Waals surface area contributed by atoms with E-state index >= 15 is 0 Å². The van der Waals surface area contributed by atoms with Gasteiger partial charge in [0.2, 0.25) is 5.91 Å². The fourth-order valence-electron chi connectivity index (χ4n) is 3.40. The lowest BCUT2D eigenvalue weighted by Gasteiger charge is -2.28. The molecule has 3 rings (SSSR count). The first-order valence-electron chi connectivity index (χ1n) is 7.11. The molecule has 3 nitrogen and oxygen atoms in total. The monoisotopic (exact) mass is 356 g/mol. The van der Waals surface area contributed by atoms with Gasteiger partial charge in [0.15, 0.2) is 0 Å². The van der Waals surface area contributed by atoms with Crippen LogP contribution in [0.4, 0.5) is 5.69 Å². The summed E-state index contributed by atoms with van der Waals surface area (Å²) in [7, 11) is 0. The van der Waals surface area contributed by atoms with Crippen molar-refractivity contribution in [1.82, 2.24) is 5.32 Å². The fraction of sp³-hybridized carbons (Fsp3) is 0.533. The molecule has 5 heteroatoms. The molecule has 0 aromatic heterocycles. The van der Waals surface area contributed by atoms with Crippen LogP contribution in [0.5, 0.6) is 0 Å². The molecule has 20 heavy (non-hydrogen) atoms. The Labute approximate surface area is 132 Å². The van der Waals surface area contributed by atoms with Gasteiger partial charge in [0, 0.05) is 28.0 Å². The van der Waals surface area contributed by atoms with Crippen LogP contribution in [0.1, 0.15) is 32.1 Å². The van der Waals surface area contributed by atoms with Crippen LogP contribution in [0.25, 0.3) is 0 Å². The fourth-order valence-corrected chi connectivity index (χ4v) is 3.92. The first kappa shape index (κ1) is 14.4. The predicted octanol–water partition coefficient (Wildman–Crippen LogP) is 3.96. The number of rotatable bonds is 3. The number of benzene rings is 1. The maximum atomic E-state index is 12.2. The number of carbonyl (C=O) groups excluding carboxylic acids is 1. The number of hydrogen-bond donors (Lipinski definition) is 2. The minimum Gasteiger partial charge on any atom is -0.325 e. The van der Waals surface area contributed by atoms with Gasteiger partial charge in [0.05, 0.1) is 5.69 Å². The van der Waals surface area contributed by atoms with Gasteiger partial charge in [-0.05, 0) is 65.7 Å². The van der Waals surface area contributed by atoms with E-state index in [0.29, 0.717) is 29.4 Å². The van der Waals surface area contributed by atoms with Crippen molar-refractivity contribution >= 4 is 39.1 Å². The summed E-state index contributed by atoms with van der Waals surface area (Å²) in [6.45, 7) is 0. The number of amides is 1. The summed E-state index contributed by atoms with van der Waals surface area (Å²) in [5, 5.41) is 7.19. The van der Waals surface area contributed by atoms with Crippen LogP contribution >= 0.6 is 27.5 Å². The van der Waals surface area contributed by atoms with Crippen LogP contribution < -0.4 is 10.6 Å². The molecule has 108 valence electrons. The summed E-state index contributed by atoms with van der Waals surface area (Å²) < 4.78 is 0.862. The van der Waals surface area contributed by atoms with E-state index in [1.165, 1.54) is 12.8 Å². The summed E-state index contributed by atoms with van der Waals surface area (Å²) in [5.41, 5.74) is 0.749.